The van der Waals surface area contributed by atoms with Gasteiger partial charge in [-0.05, 0) is 61.4 Å². The van der Waals surface area contributed by atoms with E-state index in [1.165, 1.54) is 11.6 Å². The largest absolute Gasteiger partial charge is 0.488 e. The molecule has 0 aliphatic rings. The predicted molar refractivity (Wildman–Crippen MR) is 123 cm³/mol. The molecule has 1 amide bonds. The number of amides is 1. The molecule has 0 spiro atoms. The molecule has 0 saturated heterocycles. The Labute approximate surface area is 197 Å². The van der Waals surface area contributed by atoms with Gasteiger partial charge in [-0.2, -0.15) is 0 Å². The van der Waals surface area contributed by atoms with Gasteiger partial charge in [0.2, 0.25) is 0 Å². The summed E-state index contributed by atoms with van der Waals surface area (Å²) in [4.78, 5) is 24.1. The maximum absolute atomic E-state index is 12.6. The fraction of sp³-hybridized carbons (Fsp3) is 0.375. The molecule has 0 aliphatic carbocycles. The first-order valence-electron chi connectivity index (χ1n) is 10.9. The monoisotopic (exact) mass is 467 g/mol. The van der Waals surface area contributed by atoms with Crippen LogP contribution >= 0.6 is 0 Å². The lowest BCUT2D eigenvalue weighted by Crippen LogP contribution is -2.34. The first-order chi connectivity index (χ1) is 16.1. The number of carboxylic acids is 1. The smallest absolute Gasteiger partial charge is 0.408 e. The number of hydrogen-bond donors (Lipinski definition) is 2. The molecule has 2 unspecified atom stereocenters. The van der Waals surface area contributed by atoms with Crippen molar-refractivity contribution in [1.29, 1.82) is 0 Å². The van der Waals surface area contributed by atoms with Gasteiger partial charge in [0, 0.05) is 6.42 Å². The summed E-state index contributed by atoms with van der Waals surface area (Å²) in [6, 6.07) is 15.0. The number of ether oxygens (including phenoxy) is 2. The second-order valence-corrected chi connectivity index (χ2v) is 8.82. The number of alkyl carbamates (subject to hydrolysis) is 1. The summed E-state index contributed by atoms with van der Waals surface area (Å²) in [6.45, 7) is 7.45. The van der Waals surface area contributed by atoms with Crippen LogP contribution in [0.5, 0.6) is 5.75 Å². The molecule has 1 heterocycles. The van der Waals surface area contributed by atoms with Gasteiger partial charge in [-0.1, -0.05) is 42.5 Å². The fourth-order valence-electron chi connectivity index (χ4n) is 3.21. The SMILES string of the molecule is CC(C(=O)O)n1nnnc1C(Cc1ccc(OC(C)(C)C)cc1)NC(=O)OCc1ccccc1. The van der Waals surface area contributed by atoms with Crippen molar-refractivity contribution < 1.29 is 24.2 Å². The van der Waals surface area contributed by atoms with E-state index in [9.17, 15) is 14.7 Å². The highest BCUT2D eigenvalue weighted by molar-refractivity contribution is 5.71. The highest BCUT2D eigenvalue weighted by Crippen LogP contribution is 2.23. The number of carboxylic acid groups (broad SMARTS) is 1. The third kappa shape index (κ3) is 7.03. The zero-order valence-electron chi connectivity index (χ0n) is 19.6. The highest BCUT2D eigenvalue weighted by Gasteiger charge is 2.27. The number of benzene rings is 2. The molecule has 2 aromatic carbocycles. The normalized spacial score (nSPS) is 13.1. The van der Waals surface area contributed by atoms with Gasteiger partial charge >= 0.3 is 12.1 Å². The molecule has 2 atom stereocenters. The van der Waals surface area contributed by atoms with Crippen LogP contribution in [0.3, 0.4) is 0 Å². The average molecular weight is 468 g/mol. The number of nitrogens with one attached hydrogen (secondary N) is 1. The van der Waals surface area contributed by atoms with Crippen molar-refractivity contribution in [3.63, 3.8) is 0 Å². The summed E-state index contributed by atoms with van der Waals surface area (Å²) in [6.07, 6.45) is -0.359. The van der Waals surface area contributed by atoms with Crippen molar-refractivity contribution in [3.8, 4) is 5.75 Å². The van der Waals surface area contributed by atoms with Crippen molar-refractivity contribution in [3.05, 3.63) is 71.5 Å². The maximum atomic E-state index is 12.6. The van der Waals surface area contributed by atoms with E-state index >= 15 is 0 Å². The third-order valence-corrected chi connectivity index (χ3v) is 4.85. The lowest BCUT2D eigenvalue weighted by molar-refractivity contribution is -0.140. The van der Waals surface area contributed by atoms with Crippen LogP contribution in [0.25, 0.3) is 0 Å². The number of tetrazole rings is 1. The van der Waals surface area contributed by atoms with E-state index in [1.807, 2.05) is 75.4 Å². The number of carbonyl (C=O) groups is 2. The van der Waals surface area contributed by atoms with Gasteiger partial charge in [-0.15, -0.1) is 5.10 Å². The minimum atomic E-state index is -1.09. The van der Waals surface area contributed by atoms with Crippen molar-refractivity contribution >= 4 is 12.1 Å². The van der Waals surface area contributed by atoms with Crippen molar-refractivity contribution in [2.75, 3.05) is 0 Å². The molecular formula is C24H29N5O5. The number of nitrogens with zero attached hydrogens (tertiary/aromatic N) is 4. The van der Waals surface area contributed by atoms with E-state index in [1.54, 1.807) is 0 Å². The van der Waals surface area contributed by atoms with Gasteiger partial charge in [-0.3, -0.25) is 0 Å². The van der Waals surface area contributed by atoms with E-state index in [4.69, 9.17) is 9.47 Å². The average Bonchev–Trinajstić information content (AvgIpc) is 3.27. The fourth-order valence-corrected chi connectivity index (χ4v) is 3.21. The Morgan fingerprint density at radius 1 is 1.06 bits per heavy atom. The van der Waals surface area contributed by atoms with Gasteiger partial charge in [-0.25, -0.2) is 14.3 Å². The number of hydrogen-bond acceptors (Lipinski definition) is 7. The zero-order chi connectivity index (χ0) is 24.7. The number of carbonyl (C=O) groups excluding carboxylic acids is 1. The van der Waals surface area contributed by atoms with E-state index in [2.05, 4.69) is 20.8 Å². The second kappa shape index (κ2) is 10.8. The summed E-state index contributed by atoms with van der Waals surface area (Å²) in [5.41, 5.74) is 1.38. The Bertz CT molecular complexity index is 1090. The summed E-state index contributed by atoms with van der Waals surface area (Å²) >= 11 is 0. The molecule has 3 rings (SSSR count). The zero-order valence-corrected chi connectivity index (χ0v) is 19.6. The van der Waals surface area contributed by atoms with Crippen LogP contribution < -0.4 is 10.1 Å². The number of aliphatic carboxylic acids is 1. The lowest BCUT2D eigenvalue weighted by Gasteiger charge is -2.22. The second-order valence-electron chi connectivity index (χ2n) is 8.82. The Balaban J connectivity index is 1.79. The molecule has 1 aromatic heterocycles. The van der Waals surface area contributed by atoms with Crippen LogP contribution in [0.4, 0.5) is 4.79 Å². The summed E-state index contributed by atoms with van der Waals surface area (Å²) in [5.74, 6) is -0.170. The molecular weight excluding hydrogens is 438 g/mol. The Morgan fingerprint density at radius 2 is 1.74 bits per heavy atom. The Morgan fingerprint density at radius 3 is 2.35 bits per heavy atom. The van der Waals surface area contributed by atoms with Crippen LogP contribution in [-0.4, -0.2) is 43.0 Å². The quantitative estimate of drug-likeness (QED) is 0.487. The van der Waals surface area contributed by atoms with Gasteiger partial charge in [0.05, 0.1) is 6.04 Å². The molecule has 10 heteroatoms. The molecule has 3 aromatic rings. The first kappa shape index (κ1) is 24.7. The van der Waals surface area contributed by atoms with Gasteiger partial charge in [0.1, 0.15) is 18.0 Å². The minimum absolute atomic E-state index is 0.0920. The summed E-state index contributed by atoms with van der Waals surface area (Å²) in [5, 5.41) is 23.6. The Hall–Kier alpha value is -3.95. The molecule has 0 aliphatic heterocycles. The molecule has 0 radical (unpaired) electrons. The van der Waals surface area contributed by atoms with E-state index < -0.39 is 24.1 Å². The summed E-state index contributed by atoms with van der Waals surface area (Å²) in [7, 11) is 0. The van der Waals surface area contributed by atoms with E-state index in [0.29, 0.717) is 12.2 Å². The molecule has 0 saturated carbocycles. The molecule has 2 N–H and O–H groups in total. The standard InChI is InChI=1S/C24H29N5O5/c1-16(22(30)31)29-21(26-27-28-29)20(25-23(32)33-15-18-8-6-5-7-9-18)14-17-10-12-19(13-11-17)34-24(2,3)4/h5-13,16,20H,14-15H2,1-4H3,(H,25,32)(H,30,31). The number of aromatic nitrogens is 4. The maximum Gasteiger partial charge on any atom is 0.408 e. The van der Waals surface area contributed by atoms with Gasteiger partial charge < -0.3 is 19.9 Å². The first-order valence-corrected chi connectivity index (χ1v) is 10.9. The van der Waals surface area contributed by atoms with Crippen LogP contribution in [0.2, 0.25) is 0 Å². The number of rotatable bonds is 9. The van der Waals surface area contributed by atoms with Crippen molar-refractivity contribution in [1.82, 2.24) is 25.5 Å². The molecule has 0 fully saturated rings. The molecule has 180 valence electrons. The van der Waals surface area contributed by atoms with Crippen LogP contribution in [-0.2, 0) is 22.6 Å². The highest BCUT2D eigenvalue weighted by atomic mass is 16.5. The molecule has 10 nitrogen and oxygen atoms in total. The van der Waals surface area contributed by atoms with Crippen molar-refractivity contribution in [2.45, 2.75) is 58.4 Å². The predicted octanol–water partition coefficient (Wildman–Crippen LogP) is 3.71. The Kier molecular flexibility index (Phi) is 7.83. The van der Waals surface area contributed by atoms with Gasteiger partial charge in [0.25, 0.3) is 0 Å². The van der Waals surface area contributed by atoms with Crippen LogP contribution in [0.1, 0.15) is 56.7 Å². The van der Waals surface area contributed by atoms with Crippen LogP contribution in [0.15, 0.2) is 54.6 Å². The van der Waals surface area contributed by atoms with Gasteiger partial charge in [0.15, 0.2) is 11.9 Å². The van der Waals surface area contributed by atoms with Crippen LogP contribution in [0, 0.1) is 0 Å². The third-order valence-electron chi connectivity index (χ3n) is 4.85. The summed E-state index contributed by atoms with van der Waals surface area (Å²) < 4.78 is 12.4. The topological polar surface area (TPSA) is 128 Å². The van der Waals surface area contributed by atoms with Crippen molar-refractivity contribution in [2.24, 2.45) is 0 Å². The van der Waals surface area contributed by atoms with E-state index in [0.717, 1.165) is 11.1 Å². The lowest BCUT2D eigenvalue weighted by atomic mass is 10.0. The van der Waals surface area contributed by atoms with E-state index in [-0.39, 0.29) is 18.0 Å². The minimum Gasteiger partial charge on any atom is -0.488 e. The molecule has 0 bridgehead atoms. The molecule has 34 heavy (non-hydrogen) atoms.